The SMILES string of the molecule is O=C(S)NN1CCNCC1=S. The van der Waals surface area contributed by atoms with Gasteiger partial charge in [-0.05, 0) is 0 Å². The number of hydrogen-bond acceptors (Lipinski definition) is 3. The Kier molecular flexibility index (Phi) is 3.10. The third-order valence-corrected chi connectivity index (χ3v) is 1.78. The van der Waals surface area contributed by atoms with Crippen molar-refractivity contribution in [3.05, 3.63) is 0 Å². The van der Waals surface area contributed by atoms with Gasteiger partial charge in [0, 0.05) is 13.1 Å². The van der Waals surface area contributed by atoms with Crippen molar-refractivity contribution in [2.75, 3.05) is 19.6 Å². The van der Waals surface area contributed by atoms with E-state index in [9.17, 15) is 4.79 Å². The van der Waals surface area contributed by atoms with E-state index in [0.717, 1.165) is 6.54 Å². The number of hydrazine groups is 1. The van der Waals surface area contributed by atoms with E-state index < -0.39 is 0 Å². The molecule has 1 fully saturated rings. The third-order valence-electron chi connectivity index (χ3n) is 1.32. The Morgan fingerprint density at radius 1 is 1.82 bits per heavy atom. The van der Waals surface area contributed by atoms with E-state index in [0.29, 0.717) is 18.1 Å². The monoisotopic (exact) mass is 191 g/mol. The first kappa shape index (κ1) is 8.76. The second-order valence-corrected chi connectivity index (χ2v) is 3.02. The normalized spacial score (nSPS) is 18.3. The fourth-order valence-electron chi connectivity index (χ4n) is 0.840. The van der Waals surface area contributed by atoms with Crippen LogP contribution < -0.4 is 10.7 Å². The molecular formula is C5H9N3OS2. The second kappa shape index (κ2) is 3.89. The molecule has 0 aromatic carbocycles. The van der Waals surface area contributed by atoms with Gasteiger partial charge in [-0.2, -0.15) is 0 Å². The number of carbonyl (C=O) groups excluding carboxylic acids is 1. The third kappa shape index (κ3) is 2.64. The zero-order valence-electron chi connectivity index (χ0n) is 5.83. The molecule has 1 rings (SSSR count). The van der Waals surface area contributed by atoms with E-state index in [4.69, 9.17) is 12.2 Å². The standard InChI is InChI=1S/C5H9N3OS2/c9-5(11)7-8-2-1-6-3-4(8)10/h6H,1-3H2,(H2,7,9,11). The summed E-state index contributed by atoms with van der Waals surface area (Å²) in [6, 6.07) is 0. The molecule has 1 heterocycles. The second-order valence-electron chi connectivity index (χ2n) is 2.14. The van der Waals surface area contributed by atoms with Gasteiger partial charge in [-0.15, -0.1) is 0 Å². The van der Waals surface area contributed by atoms with Crippen molar-refractivity contribution < 1.29 is 4.79 Å². The lowest BCUT2D eigenvalue weighted by Gasteiger charge is -2.29. The van der Waals surface area contributed by atoms with Gasteiger partial charge in [-0.3, -0.25) is 15.2 Å². The van der Waals surface area contributed by atoms with E-state index >= 15 is 0 Å². The molecule has 1 amide bonds. The van der Waals surface area contributed by atoms with Crippen LogP contribution in [0.4, 0.5) is 4.79 Å². The van der Waals surface area contributed by atoms with Crippen LogP contribution in [0.15, 0.2) is 0 Å². The van der Waals surface area contributed by atoms with E-state index in [1.165, 1.54) is 0 Å². The van der Waals surface area contributed by atoms with Crippen LogP contribution in [0.2, 0.25) is 0 Å². The summed E-state index contributed by atoms with van der Waals surface area (Å²) < 4.78 is 0. The average Bonchev–Trinajstić information content (AvgIpc) is 1.93. The molecule has 6 heteroatoms. The maximum atomic E-state index is 10.5. The molecule has 0 radical (unpaired) electrons. The average molecular weight is 191 g/mol. The predicted molar refractivity (Wildman–Crippen MR) is 49.7 cm³/mol. The molecule has 1 aliphatic heterocycles. The molecule has 0 aromatic heterocycles. The maximum Gasteiger partial charge on any atom is 0.294 e. The van der Waals surface area contributed by atoms with Crippen LogP contribution in [0, 0.1) is 0 Å². The number of rotatable bonds is 1. The molecule has 0 aliphatic carbocycles. The van der Waals surface area contributed by atoms with Crippen LogP contribution in [0.5, 0.6) is 0 Å². The smallest absolute Gasteiger partial charge is 0.294 e. The highest BCUT2D eigenvalue weighted by Gasteiger charge is 2.14. The summed E-state index contributed by atoms with van der Waals surface area (Å²) in [6.07, 6.45) is 0. The minimum atomic E-state index is -0.380. The molecule has 0 bridgehead atoms. The molecule has 0 atom stereocenters. The lowest BCUT2D eigenvalue weighted by Crippen LogP contribution is -2.54. The van der Waals surface area contributed by atoms with Gasteiger partial charge in [0.1, 0.15) is 4.99 Å². The predicted octanol–water partition coefficient (Wildman–Crippen LogP) is -0.227. The summed E-state index contributed by atoms with van der Waals surface area (Å²) in [4.78, 5) is 11.2. The summed E-state index contributed by atoms with van der Waals surface area (Å²) in [5.41, 5.74) is 2.51. The number of thiol groups is 1. The molecule has 4 nitrogen and oxygen atoms in total. The van der Waals surface area contributed by atoms with Crippen LogP contribution in [0.1, 0.15) is 0 Å². The molecule has 11 heavy (non-hydrogen) atoms. The van der Waals surface area contributed by atoms with E-state index in [2.05, 4.69) is 23.4 Å². The van der Waals surface area contributed by atoms with Gasteiger partial charge in [-0.1, -0.05) is 24.8 Å². The van der Waals surface area contributed by atoms with Gasteiger partial charge in [0.05, 0.1) is 6.54 Å². The Balaban J connectivity index is 2.42. The van der Waals surface area contributed by atoms with Crippen molar-refractivity contribution in [3.63, 3.8) is 0 Å². The van der Waals surface area contributed by atoms with Gasteiger partial charge >= 0.3 is 0 Å². The highest BCUT2D eigenvalue weighted by atomic mass is 32.1. The number of piperazine rings is 1. The number of hydrogen-bond donors (Lipinski definition) is 3. The topological polar surface area (TPSA) is 44.4 Å². The molecule has 0 unspecified atom stereocenters. The summed E-state index contributed by atoms with van der Waals surface area (Å²) in [7, 11) is 0. The highest BCUT2D eigenvalue weighted by Crippen LogP contribution is 1.93. The number of thiocarbonyl (C=S) groups is 1. The molecule has 0 spiro atoms. The molecule has 0 saturated carbocycles. The number of amides is 1. The minimum Gasteiger partial charge on any atom is -0.309 e. The van der Waals surface area contributed by atoms with Gasteiger partial charge in [0.25, 0.3) is 5.24 Å². The quantitative estimate of drug-likeness (QED) is 0.396. The zero-order chi connectivity index (χ0) is 8.27. The first-order valence-corrected chi connectivity index (χ1v) is 4.06. The zero-order valence-corrected chi connectivity index (χ0v) is 7.54. The lowest BCUT2D eigenvalue weighted by molar-refractivity contribution is 0.236. The minimum absolute atomic E-state index is 0.380. The van der Waals surface area contributed by atoms with Gasteiger partial charge in [0.15, 0.2) is 0 Å². The van der Waals surface area contributed by atoms with E-state index in [1.54, 1.807) is 5.01 Å². The Morgan fingerprint density at radius 2 is 2.55 bits per heavy atom. The molecular weight excluding hydrogens is 182 g/mol. The molecule has 1 saturated heterocycles. The van der Waals surface area contributed by atoms with Crippen molar-refractivity contribution in [1.29, 1.82) is 0 Å². The number of carbonyl (C=O) groups is 1. The Labute approximate surface area is 75.7 Å². The summed E-state index contributed by atoms with van der Waals surface area (Å²) in [5, 5.41) is 4.32. The fourth-order valence-corrected chi connectivity index (χ4v) is 1.20. The molecule has 62 valence electrons. The van der Waals surface area contributed by atoms with Gasteiger partial charge < -0.3 is 5.32 Å². The maximum absolute atomic E-state index is 10.5. The summed E-state index contributed by atoms with van der Waals surface area (Å²) >= 11 is 8.54. The van der Waals surface area contributed by atoms with Crippen molar-refractivity contribution >= 4 is 35.1 Å². The van der Waals surface area contributed by atoms with Crippen LogP contribution in [0.25, 0.3) is 0 Å². The summed E-state index contributed by atoms with van der Waals surface area (Å²) in [6.45, 7) is 2.17. The van der Waals surface area contributed by atoms with Crippen molar-refractivity contribution in [1.82, 2.24) is 15.8 Å². The number of nitrogens with one attached hydrogen (secondary N) is 2. The Hall–Kier alpha value is -0.330. The van der Waals surface area contributed by atoms with Crippen LogP contribution in [-0.2, 0) is 0 Å². The Morgan fingerprint density at radius 3 is 3.09 bits per heavy atom. The van der Waals surface area contributed by atoms with Crippen LogP contribution in [0.3, 0.4) is 0 Å². The van der Waals surface area contributed by atoms with Gasteiger partial charge in [-0.25, -0.2) is 0 Å². The van der Waals surface area contributed by atoms with E-state index in [-0.39, 0.29) is 5.24 Å². The van der Waals surface area contributed by atoms with Crippen LogP contribution in [-0.4, -0.2) is 34.9 Å². The number of nitrogens with zero attached hydrogens (tertiary/aromatic N) is 1. The van der Waals surface area contributed by atoms with Crippen molar-refractivity contribution in [2.24, 2.45) is 0 Å². The molecule has 1 aliphatic rings. The molecule has 2 N–H and O–H groups in total. The first-order chi connectivity index (χ1) is 5.20. The van der Waals surface area contributed by atoms with E-state index in [1.807, 2.05) is 0 Å². The Bertz CT molecular complexity index is 185. The lowest BCUT2D eigenvalue weighted by atomic mass is 10.4. The summed E-state index contributed by atoms with van der Waals surface area (Å²) in [5.74, 6) is 0. The molecule has 0 aromatic rings. The van der Waals surface area contributed by atoms with Crippen LogP contribution >= 0.6 is 24.8 Å². The largest absolute Gasteiger partial charge is 0.309 e. The van der Waals surface area contributed by atoms with Crippen molar-refractivity contribution in [2.45, 2.75) is 0 Å². The first-order valence-electron chi connectivity index (χ1n) is 3.21. The fraction of sp³-hybridized carbons (Fsp3) is 0.600. The van der Waals surface area contributed by atoms with Gasteiger partial charge in [0.2, 0.25) is 0 Å². The highest BCUT2D eigenvalue weighted by molar-refractivity contribution is 7.96. The van der Waals surface area contributed by atoms with Crippen molar-refractivity contribution in [3.8, 4) is 0 Å².